The third-order valence-corrected chi connectivity index (χ3v) is 5.65. The van der Waals surface area contributed by atoms with E-state index in [-0.39, 0.29) is 11.3 Å². The number of ketones is 1. The highest BCUT2D eigenvalue weighted by molar-refractivity contribution is 7.91. The van der Waals surface area contributed by atoms with Gasteiger partial charge in [0.1, 0.15) is 0 Å². The molecule has 0 N–H and O–H groups in total. The molecule has 0 amide bonds. The summed E-state index contributed by atoms with van der Waals surface area (Å²) >= 11 is 5.51. The molecule has 0 spiro atoms. The fourth-order valence-electron chi connectivity index (χ4n) is 2.34. The molecule has 0 aliphatic heterocycles. The van der Waals surface area contributed by atoms with Crippen molar-refractivity contribution in [2.75, 3.05) is 5.75 Å². The van der Waals surface area contributed by atoms with Crippen molar-refractivity contribution < 1.29 is 35.2 Å². The van der Waals surface area contributed by atoms with Gasteiger partial charge in [-0.05, 0) is 23.8 Å². The normalized spacial score (nSPS) is 12.4. The van der Waals surface area contributed by atoms with Gasteiger partial charge in [-0.1, -0.05) is 11.6 Å². The predicted octanol–water partition coefficient (Wildman–Crippen LogP) is 4.11. The summed E-state index contributed by atoms with van der Waals surface area (Å²) in [6, 6.07) is 2.79. The Morgan fingerprint density at radius 3 is 2.37 bits per heavy atom. The van der Waals surface area contributed by atoms with Crippen LogP contribution in [0.2, 0.25) is 5.02 Å². The van der Waals surface area contributed by atoms with Crippen molar-refractivity contribution in [3.05, 3.63) is 52.3 Å². The van der Waals surface area contributed by atoms with E-state index < -0.39 is 61.9 Å². The standard InChI is InChI=1S/C16H13ClF5NO3S/c1-23-8-10(27(25,26)3-2-16(20,21)22)7-13(23)14(24)6-9-4-11(17)15(19)12(18)5-9/h4-5,7-8H,2-3,6H2,1H3. The van der Waals surface area contributed by atoms with Gasteiger partial charge in [-0.15, -0.1) is 0 Å². The molecule has 2 aromatic rings. The van der Waals surface area contributed by atoms with Gasteiger partial charge in [-0.25, -0.2) is 17.2 Å². The van der Waals surface area contributed by atoms with E-state index in [1.54, 1.807) is 0 Å². The van der Waals surface area contributed by atoms with Crippen LogP contribution in [0.25, 0.3) is 0 Å². The van der Waals surface area contributed by atoms with Crippen LogP contribution in [0.5, 0.6) is 0 Å². The Balaban J connectivity index is 2.24. The van der Waals surface area contributed by atoms with Crippen LogP contribution < -0.4 is 0 Å². The molecule has 0 fully saturated rings. The Hall–Kier alpha value is -1.94. The highest BCUT2D eigenvalue weighted by Crippen LogP contribution is 2.25. The monoisotopic (exact) mass is 429 g/mol. The van der Waals surface area contributed by atoms with Crippen molar-refractivity contribution >= 4 is 27.2 Å². The first-order valence-corrected chi connectivity index (χ1v) is 9.45. The van der Waals surface area contributed by atoms with E-state index in [2.05, 4.69) is 0 Å². The maximum absolute atomic E-state index is 13.4. The van der Waals surface area contributed by atoms with E-state index in [9.17, 15) is 35.2 Å². The molecule has 0 saturated heterocycles. The Labute approximate surface area is 156 Å². The molecule has 1 heterocycles. The Bertz CT molecular complexity index is 959. The third-order valence-electron chi connectivity index (χ3n) is 3.69. The summed E-state index contributed by atoms with van der Waals surface area (Å²) in [5.41, 5.74) is -0.0481. The number of hydrogen-bond acceptors (Lipinski definition) is 3. The maximum Gasteiger partial charge on any atom is 0.390 e. The number of rotatable bonds is 6. The summed E-state index contributed by atoms with van der Waals surface area (Å²) in [6.45, 7) is 0. The number of benzene rings is 1. The van der Waals surface area contributed by atoms with Gasteiger partial charge < -0.3 is 4.57 Å². The van der Waals surface area contributed by atoms with Crippen LogP contribution in [0.3, 0.4) is 0 Å². The third kappa shape index (κ3) is 5.29. The maximum atomic E-state index is 13.4. The average molecular weight is 430 g/mol. The molecule has 0 aliphatic rings. The second-order valence-electron chi connectivity index (χ2n) is 5.83. The molecule has 27 heavy (non-hydrogen) atoms. The number of aromatic nitrogens is 1. The van der Waals surface area contributed by atoms with Crippen molar-refractivity contribution in [3.8, 4) is 0 Å². The van der Waals surface area contributed by atoms with Crippen LogP contribution in [0.1, 0.15) is 22.5 Å². The molecule has 0 bridgehead atoms. The zero-order chi connectivity index (χ0) is 20.6. The van der Waals surface area contributed by atoms with Crippen LogP contribution >= 0.6 is 11.6 Å². The molecular formula is C16H13ClF5NO3S. The number of nitrogens with zero attached hydrogens (tertiary/aromatic N) is 1. The summed E-state index contributed by atoms with van der Waals surface area (Å²) in [7, 11) is -2.90. The second kappa shape index (κ2) is 7.59. The summed E-state index contributed by atoms with van der Waals surface area (Å²) < 4.78 is 88.5. The Morgan fingerprint density at radius 1 is 1.19 bits per heavy atom. The van der Waals surface area contributed by atoms with Gasteiger partial charge in [0.25, 0.3) is 0 Å². The zero-order valence-corrected chi connectivity index (χ0v) is 15.4. The second-order valence-corrected chi connectivity index (χ2v) is 8.35. The van der Waals surface area contributed by atoms with Crippen molar-refractivity contribution in [2.45, 2.75) is 23.9 Å². The van der Waals surface area contributed by atoms with E-state index in [1.807, 2.05) is 0 Å². The fraction of sp³-hybridized carbons (Fsp3) is 0.312. The molecule has 0 radical (unpaired) electrons. The minimum absolute atomic E-state index is 0.0616. The van der Waals surface area contributed by atoms with Gasteiger partial charge in [0.2, 0.25) is 0 Å². The lowest BCUT2D eigenvalue weighted by Crippen LogP contribution is -2.16. The van der Waals surface area contributed by atoms with Crippen molar-refractivity contribution in [1.82, 2.24) is 4.57 Å². The first-order chi connectivity index (χ1) is 12.3. The van der Waals surface area contributed by atoms with E-state index in [0.717, 1.165) is 29.0 Å². The van der Waals surface area contributed by atoms with Gasteiger partial charge in [0.15, 0.2) is 27.3 Å². The van der Waals surface area contributed by atoms with Crippen LogP contribution in [-0.2, 0) is 23.3 Å². The lowest BCUT2D eigenvalue weighted by Gasteiger charge is -2.05. The number of hydrogen-bond donors (Lipinski definition) is 0. The molecule has 1 aromatic carbocycles. The fourth-order valence-corrected chi connectivity index (χ4v) is 3.91. The van der Waals surface area contributed by atoms with E-state index in [1.165, 1.54) is 7.05 Å². The van der Waals surface area contributed by atoms with Gasteiger partial charge in [-0.3, -0.25) is 4.79 Å². The molecule has 148 valence electrons. The summed E-state index contributed by atoms with van der Waals surface area (Å²) in [6.07, 6.45) is -5.53. The molecule has 0 saturated carbocycles. The molecule has 1 aromatic heterocycles. The zero-order valence-electron chi connectivity index (χ0n) is 13.8. The Kier molecular flexibility index (Phi) is 6.00. The highest BCUT2D eigenvalue weighted by Gasteiger charge is 2.31. The van der Waals surface area contributed by atoms with Crippen molar-refractivity contribution in [1.29, 1.82) is 0 Å². The van der Waals surface area contributed by atoms with Crippen LogP contribution in [0, 0.1) is 11.6 Å². The molecular weight excluding hydrogens is 417 g/mol. The lowest BCUT2D eigenvalue weighted by molar-refractivity contribution is -0.129. The first-order valence-electron chi connectivity index (χ1n) is 7.42. The molecule has 2 rings (SSSR count). The Morgan fingerprint density at radius 2 is 1.81 bits per heavy atom. The van der Waals surface area contributed by atoms with Crippen LogP contribution in [-0.4, -0.2) is 30.7 Å². The summed E-state index contributed by atoms with van der Waals surface area (Å²) in [5.74, 6) is -4.29. The summed E-state index contributed by atoms with van der Waals surface area (Å²) in [5, 5.41) is -0.514. The largest absolute Gasteiger partial charge is 0.390 e. The SMILES string of the molecule is Cn1cc(S(=O)(=O)CCC(F)(F)F)cc1C(=O)Cc1cc(F)c(F)c(Cl)c1. The van der Waals surface area contributed by atoms with E-state index in [0.29, 0.717) is 0 Å². The molecule has 11 heteroatoms. The first kappa shape index (κ1) is 21.4. The molecule has 0 aliphatic carbocycles. The van der Waals surface area contributed by atoms with Gasteiger partial charge >= 0.3 is 6.18 Å². The van der Waals surface area contributed by atoms with Crippen LogP contribution in [0.4, 0.5) is 22.0 Å². The van der Waals surface area contributed by atoms with Crippen molar-refractivity contribution in [2.24, 2.45) is 7.05 Å². The number of aryl methyl sites for hydroxylation is 1. The lowest BCUT2D eigenvalue weighted by atomic mass is 10.1. The number of carbonyl (C=O) groups is 1. The number of Topliss-reactive ketones (excluding diaryl/α,β-unsaturated/α-hetero) is 1. The molecule has 0 atom stereocenters. The van der Waals surface area contributed by atoms with E-state index in [4.69, 9.17) is 11.6 Å². The predicted molar refractivity (Wildman–Crippen MR) is 87.5 cm³/mol. The average Bonchev–Trinajstić information content (AvgIpc) is 2.93. The number of carbonyl (C=O) groups excluding carboxylic acids is 1. The summed E-state index contributed by atoms with van der Waals surface area (Å²) in [4.78, 5) is 11.9. The van der Waals surface area contributed by atoms with Gasteiger partial charge in [0, 0.05) is 19.7 Å². The number of sulfone groups is 1. The number of halogens is 6. The molecule has 0 unspecified atom stereocenters. The van der Waals surface area contributed by atoms with Gasteiger partial charge in [-0.2, -0.15) is 13.2 Å². The molecule has 4 nitrogen and oxygen atoms in total. The minimum Gasteiger partial charge on any atom is -0.347 e. The topological polar surface area (TPSA) is 56.1 Å². The van der Waals surface area contributed by atoms with Crippen LogP contribution in [0.15, 0.2) is 29.3 Å². The quantitative estimate of drug-likeness (QED) is 0.394. The van der Waals surface area contributed by atoms with Gasteiger partial charge in [0.05, 0.1) is 27.8 Å². The highest BCUT2D eigenvalue weighted by atomic mass is 35.5. The van der Waals surface area contributed by atoms with E-state index >= 15 is 0 Å². The number of alkyl halides is 3. The smallest absolute Gasteiger partial charge is 0.347 e. The van der Waals surface area contributed by atoms with Crippen molar-refractivity contribution in [3.63, 3.8) is 0 Å². The minimum atomic E-state index is -4.63.